The minimum atomic E-state index is 0.651. The Morgan fingerprint density at radius 1 is 0.323 bits per heavy atom. The van der Waals surface area contributed by atoms with Crippen LogP contribution in [-0.2, 0) is 0 Å². The Kier molecular flexibility index (Phi) is 8.28. The third-order valence-corrected chi connectivity index (χ3v) is 13.4. The van der Waals surface area contributed by atoms with E-state index < -0.39 is 0 Å². The minimum absolute atomic E-state index is 0.651. The number of rotatable bonds is 6. The number of hydrogen-bond donors (Lipinski definition) is 0. The van der Waals surface area contributed by atoms with Crippen LogP contribution in [0, 0.1) is 11.3 Å². The van der Waals surface area contributed by atoms with Gasteiger partial charge in [0.2, 0.25) is 0 Å². The molecule has 13 rings (SSSR count). The molecule has 3 heteroatoms. The predicted octanol–water partition coefficient (Wildman–Crippen LogP) is 16.3. The first kappa shape index (κ1) is 36.8. The quantitative estimate of drug-likeness (QED) is 0.168. The zero-order valence-corrected chi connectivity index (χ0v) is 35.2. The van der Waals surface area contributed by atoms with Crippen LogP contribution in [0.4, 0.5) is 0 Å². The fraction of sp³-hybridized carbons (Fsp3) is 0. The number of nitrogens with zero attached hydrogens (tertiary/aromatic N) is 3. The molecule has 12 aromatic rings. The van der Waals surface area contributed by atoms with Gasteiger partial charge in [0.1, 0.15) is 0 Å². The summed E-state index contributed by atoms with van der Waals surface area (Å²) in [5.74, 6) is 0. The van der Waals surface area contributed by atoms with E-state index in [1.807, 2.05) is 12.1 Å². The van der Waals surface area contributed by atoms with Gasteiger partial charge in [-0.1, -0.05) is 176 Å². The topological polar surface area (TPSA) is 41.6 Å². The van der Waals surface area contributed by atoms with Gasteiger partial charge in [-0.25, -0.2) is 4.98 Å². The molecule has 10 aromatic carbocycles. The Morgan fingerprint density at radius 3 is 1.45 bits per heavy atom. The van der Waals surface area contributed by atoms with E-state index >= 15 is 0 Å². The lowest BCUT2D eigenvalue weighted by molar-refractivity contribution is 1.18. The van der Waals surface area contributed by atoms with Gasteiger partial charge in [-0.2, -0.15) is 5.26 Å². The van der Waals surface area contributed by atoms with E-state index in [0.29, 0.717) is 5.56 Å². The highest BCUT2D eigenvalue weighted by molar-refractivity contribution is 6.24. The van der Waals surface area contributed by atoms with Crippen molar-refractivity contribution >= 4 is 43.4 Å². The monoisotopic (exact) mass is 823 g/mol. The number of hydrogen-bond acceptors (Lipinski definition) is 2. The smallest absolute Gasteiger partial charge is 0.0991 e. The van der Waals surface area contributed by atoms with Gasteiger partial charge >= 0.3 is 0 Å². The standard InChI is InChI=1S/C62H37N3/c63-38-39-22-24-41(25-23-39)45-30-33-54-48-16-6-7-17-49(48)55-34-35-56(61(45)62(54)55)50-31-32-51(47-15-5-4-14-46(47)50)58-37-43(40-12-2-1-3-13-40)36-57(64-58)42-26-28-44(29-27-42)65-59-20-10-8-18-52(59)53-19-9-11-21-60(53)65/h1-37H. The fourth-order valence-electron chi connectivity index (χ4n) is 10.4. The lowest BCUT2D eigenvalue weighted by Gasteiger charge is -2.18. The van der Waals surface area contributed by atoms with Gasteiger partial charge in [0, 0.05) is 27.6 Å². The Labute approximate surface area is 376 Å². The Balaban J connectivity index is 0.986. The fourth-order valence-corrected chi connectivity index (χ4v) is 10.4. The molecule has 0 amide bonds. The van der Waals surface area contributed by atoms with Crippen LogP contribution in [0.1, 0.15) is 5.56 Å². The maximum atomic E-state index is 9.64. The van der Waals surface area contributed by atoms with Crippen LogP contribution in [-0.4, -0.2) is 9.55 Å². The van der Waals surface area contributed by atoms with Gasteiger partial charge in [-0.05, 0) is 126 Å². The van der Waals surface area contributed by atoms with Crippen molar-refractivity contribution in [2.45, 2.75) is 0 Å². The van der Waals surface area contributed by atoms with Crippen molar-refractivity contribution in [1.82, 2.24) is 9.55 Å². The first-order valence-electron chi connectivity index (χ1n) is 22.1. The predicted molar refractivity (Wildman–Crippen MR) is 270 cm³/mol. The van der Waals surface area contributed by atoms with Gasteiger partial charge in [-0.3, -0.25) is 0 Å². The first-order chi connectivity index (χ1) is 32.2. The Bertz CT molecular complexity index is 3840. The summed E-state index contributed by atoms with van der Waals surface area (Å²) in [4.78, 5) is 5.49. The SMILES string of the molecule is N#Cc1ccc(-c2ccc3c4c(ccc(-c5ccc(-c6cc(-c7ccccc7)cc(-c7ccc(-n8c9ccccc9c9ccccc98)cc7)n6)c6ccccc56)c24)-c2ccccc2-3)cc1. The van der Waals surface area contributed by atoms with Gasteiger partial charge in [0.05, 0.1) is 34.1 Å². The van der Waals surface area contributed by atoms with Crippen molar-refractivity contribution < 1.29 is 0 Å². The van der Waals surface area contributed by atoms with E-state index in [2.05, 4.69) is 223 Å². The zero-order chi connectivity index (χ0) is 43.0. The second-order valence-corrected chi connectivity index (χ2v) is 16.9. The van der Waals surface area contributed by atoms with Crippen LogP contribution in [0.5, 0.6) is 0 Å². The normalized spacial score (nSPS) is 11.7. The van der Waals surface area contributed by atoms with Crippen LogP contribution >= 0.6 is 0 Å². The number of benzene rings is 10. The van der Waals surface area contributed by atoms with Crippen molar-refractivity contribution in [2.75, 3.05) is 0 Å². The van der Waals surface area contributed by atoms with Gasteiger partial charge in [-0.15, -0.1) is 0 Å². The molecule has 2 heterocycles. The molecular weight excluding hydrogens is 787 g/mol. The molecule has 2 aromatic heterocycles. The maximum Gasteiger partial charge on any atom is 0.0991 e. The van der Waals surface area contributed by atoms with E-state index in [4.69, 9.17) is 4.98 Å². The van der Waals surface area contributed by atoms with Crippen molar-refractivity contribution in [3.63, 3.8) is 0 Å². The Hall–Kier alpha value is -8.84. The molecule has 1 aliphatic rings. The van der Waals surface area contributed by atoms with E-state index in [-0.39, 0.29) is 0 Å². The van der Waals surface area contributed by atoms with Crippen molar-refractivity contribution in [2.24, 2.45) is 0 Å². The number of nitriles is 1. The lowest BCUT2D eigenvalue weighted by Crippen LogP contribution is -1.95. The lowest BCUT2D eigenvalue weighted by atomic mass is 9.86. The molecule has 300 valence electrons. The number of pyridine rings is 1. The van der Waals surface area contributed by atoms with E-state index in [9.17, 15) is 5.26 Å². The summed E-state index contributed by atoms with van der Waals surface area (Å²) >= 11 is 0. The summed E-state index contributed by atoms with van der Waals surface area (Å²) in [5.41, 5.74) is 20.0. The second kappa shape index (κ2) is 14.6. The highest BCUT2D eigenvalue weighted by Crippen LogP contribution is 2.53. The molecule has 1 aliphatic carbocycles. The summed E-state index contributed by atoms with van der Waals surface area (Å²) < 4.78 is 2.36. The average Bonchev–Trinajstić information content (AvgIpc) is 3.90. The molecule has 0 radical (unpaired) electrons. The van der Waals surface area contributed by atoms with E-state index in [0.717, 1.165) is 61.2 Å². The summed E-state index contributed by atoms with van der Waals surface area (Å²) in [7, 11) is 0. The molecule has 65 heavy (non-hydrogen) atoms. The van der Waals surface area contributed by atoms with Crippen LogP contribution in [0.2, 0.25) is 0 Å². The van der Waals surface area contributed by atoms with Crippen LogP contribution < -0.4 is 0 Å². The molecule has 0 bridgehead atoms. The summed E-state index contributed by atoms with van der Waals surface area (Å²) in [5, 5.41) is 16.9. The van der Waals surface area contributed by atoms with Crippen molar-refractivity contribution in [1.29, 1.82) is 5.26 Å². The summed E-state index contributed by atoms with van der Waals surface area (Å²) in [6.45, 7) is 0. The molecular formula is C62H37N3. The maximum absolute atomic E-state index is 9.64. The molecule has 0 N–H and O–H groups in total. The van der Waals surface area contributed by atoms with Crippen molar-refractivity contribution in [3.8, 4) is 89.9 Å². The first-order valence-corrected chi connectivity index (χ1v) is 22.1. The molecule has 0 unspecified atom stereocenters. The highest BCUT2D eigenvalue weighted by Gasteiger charge is 2.26. The second-order valence-electron chi connectivity index (χ2n) is 16.9. The van der Waals surface area contributed by atoms with Crippen molar-refractivity contribution in [3.05, 3.63) is 230 Å². The largest absolute Gasteiger partial charge is 0.309 e. The number of para-hydroxylation sites is 2. The van der Waals surface area contributed by atoms with Crippen LogP contribution in [0.3, 0.4) is 0 Å². The van der Waals surface area contributed by atoms with E-state index in [1.165, 1.54) is 66.0 Å². The van der Waals surface area contributed by atoms with Gasteiger partial charge in [0.25, 0.3) is 0 Å². The van der Waals surface area contributed by atoms with Crippen LogP contribution in [0.15, 0.2) is 224 Å². The average molecular weight is 824 g/mol. The van der Waals surface area contributed by atoms with E-state index in [1.54, 1.807) is 0 Å². The van der Waals surface area contributed by atoms with Gasteiger partial charge < -0.3 is 4.57 Å². The van der Waals surface area contributed by atoms with Gasteiger partial charge in [0.15, 0.2) is 0 Å². The molecule has 0 spiro atoms. The Morgan fingerprint density at radius 2 is 0.800 bits per heavy atom. The molecule has 0 aliphatic heterocycles. The third-order valence-electron chi connectivity index (χ3n) is 13.4. The molecule has 0 saturated carbocycles. The number of fused-ring (bicyclic) bond motifs is 7. The highest BCUT2D eigenvalue weighted by atomic mass is 15.0. The van der Waals surface area contributed by atoms with Crippen LogP contribution in [0.25, 0.3) is 127 Å². The zero-order valence-electron chi connectivity index (χ0n) is 35.2. The molecule has 3 nitrogen and oxygen atoms in total. The summed E-state index contributed by atoms with van der Waals surface area (Å²) in [6, 6.07) is 82.7. The summed E-state index contributed by atoms with van der Waals surface area (Å²) in [6.07, 6.45) is 0. The number of aromatic nitrogens is 2. The third kappa shape index (κ3) is 5.78. The molecule has 0 saturated heterocycles. The minimum Gasteiger partial charge on any atom is -0.309 e. The molecule has 0 fully saturated rings. The molecule has 0 atom stereocenters.